The number of rotatable bonds is 11. The average Bonchev–Trinajstić information content (AvgIpc) is 3.30. The molecule has 0 aliphatic heterocycles. The van der Waals surface area contributed by atoms with Gasteiger partial charge in [-0.2, -0.15) is 0 Å². The van der Waals surface area contributed by atoms with E-state index in [0.29, 0.717) is 27.4 Å². The quantitative estimate of drug-likeness (QED) is 0.0861. The Kier molecular flexibility index (Phi) is 9.44. The number of carbonyl (C=O) groups excluding carboxylic acids is 2. The van der Waals surface area contributed by atoms with Gasteiger partial charge in [0.05, 0.1) is 16.8 Å². The average molecular weight is 587 g/mol. The Morgan fingerprint density at radius 3 is 2.55 bits per heavy atom. The van der Waals surface area contributed by atoms with E-state index in [-0.39, 0.29) is 23.9 Å². The molecule has 0 amide bonds. The van der Waals surface area contributed by atoms with Gasteiger partial charge in [0.2, 0.25) is 5.78 Å². The first kappa shape index (κ1) is 29.5. The molecule has 2 aromatic heterocycles. The number of carbonyl (C=O) groups is 2. The van der Waals surface area contributed by atoms with Gasteiger partial charge >= 0.3 is 5.97 Å². The number of benzene rings is 2. The summed E-state index contributed by atoms with van der Waals surface area (Å²) in [6.45, 7) is 5.26. The topological polar surface area (TPSA) is 99.2 Å². The van der Waals surface area contributed by atoms with E-state index in [1.807, 2.05) is 6.92 Å². The van der Waals surface area contributed by atoms with Gasteiger partial charge in [-0.3, -0.25) is 14.2 Å². The minimum atomic E-state index is -0.995. The van der Waals surface area contributed by atoms with Gasteiger partial charge in [0.25, 0.3) is 0 Å². The molecule has 0 saturated heterocycles. The molecule has 0 saturated carbocycles. The molecule has 4 rings (SSSR count). The van der Waals surface area contributed by atoms with Crippen LogP contribution in [0.1, 0.15) is 43.1 Å². The van der Waals surface area contributed by atoms with Gasteiger partial charge in [-0.1, -0.05) is 56.5 Å². The molecule has 1 atom stereocenters. The van der Waals surface area contributed by atoms with Crippen LogP contribution >= 0.6 is 23.5 Å². The maximum Gasteiger partial charge on any atom is 0.324 e. The molecule has 4 aromatic rings. The molecule has 0 aliphatic rings. The van der Waals surface area contributed by atoms with E-state index >= 15 is 4.39 Å². The molecule has 0 radical (unpaired) electrons. The largest absolute Gasteiger partial charge is 0.443 e. The maximum atomic E-state index is 15.4. The fraction of sp³-hybridized carbons (Fsp3) is 0.276. The Morgan fingerprint density at radius 2 is 1.88 bits per heavy atom. The van der Waals surface area contributed by atoms with Crippen molar-refractivity contribution in [3.8, 4) is 11.1 Å². The van der Waals surface area contributed by atoms with Crippen molar-refractivity contribution in [3.05, 3.63) is 82.6 Å². The number of pyridine rings is 1. The number of nitrogens with zero attached hydrogens (tertiary/aromatic N) is 2. The molecule has 40 heavy (non-hydrogen) atoms. The number of ketones is 1. The van der Waals surface area contributed by atoms with Crippen LogP contribution in [0, 0.1) is 17.6 Å². The zero-order chi connectivity index (χ0) is 29.0. The van der Waals surface area contributed by atoms with Crippen LogP contribution in [-0.4, -0.2) is 33.1 Å². The highest BCUT2D eigenvalue weighted by atomic mass is 35.5. The second-order valence-electron chi connectivity index (χ2n) is 9.54. The van der Waals surface area contributed by atoms with Crippen molar-refractivity contribution in [1.29, 1.82) is 0 Å². The lowest BCUT2D eigenvalue weighted by Gasteiger charge is -2.15. The van der Waals surface area contributed by atoms with Crippen molar-refractivity contribution in [1.82, 2.24) is 9.55 Å². The van der Waals surface area contributed by atoms with E-state index in [9.17, 15) is 14.0 Å². The fourth-order valence-corrected chi connectivity index (χ4v) is 4.70. The third kappa shape index (κ3) is 6.29. The standard InChI is InChI=1S/C29H29ClF2N4O3S/c1-4-11-40-35-23-10-9-22(31)24(25(23)32)27(37)21-14-36(15-39-29(38)26(33)16(2)3)28-20(21)12-18(13-34-28)17-5-7-19(30)8-6-17/h5-10,12-14,16,26,35H,4,11,15,33H2,1-3H3. The van der Waals surface area contributed by atoms with Gasteiger partial charge < -0.3 is 15.2 Å². The number of nitrogens with one attached hydrogen (secondary N) is 1. The number of hydrogen-bond acceptors (Lipinski definition) is 7. The second kappa shape index (κ2) is 12.8. The van der Waals surface area contributed by atoms with Gasteiger partial charge in [-0.15, -0.1) is 0 Å². The molecule has 0 aliphatic carbocycles. The Hall–Kier alpha value is -3.47. The van der Waals surface area contributed by atoms with Crippen molar-refractivity contribution >= 4 is 52.0 Å². The summed E-state index contributed by atoms with van der Waals surface area (Å²) in [5.74, 6) is -2.93. The normalized spacial score (nSPS) is 12.1. The molecule has 1 unspecified atom stereocenters. The smallest absolute Gasteiger partial charge is 0.324 e. The number of anilines is 1. The summed E-state index contributed by atoms with van der Waals surface area (Å²) >= 11 is 7.28. The molecule has 3 N–H and O–H groups in total. The molecular weight excluding hydrogens is 558 g/mol. The third-order valence-electron chi connectivity index (χ3n) is 6.28. The highest BCUT2D eigenvalue weighted by Gasteiger charge is 2.27. The zero-order valence-electron chi connectivity index (χ0n) is 22.2. The summed E-state index contributed by atoms with van der Waals surface area (Å²) in [4.78, 5) is 30.6. The van der Waals surface area contributed by atoms with Crippen LogP contribution in [0.15, 0.2) is 54.9 Å². The lowest BCUT2D eigenvalue weighted by Crippen LogP contribution is -2.37. The van der Waals surface area contributed by atoms with E-state index < -0.39 is 35.0 Å². The Morgan fingerprint density at radius 1 is 1.15 bits per heavy atom. The fourth-order valence-electron chi connectivity index (χ4n) is 3.96. The van der Waals surface area contributed by atoms with Gasteiger partial charge in [0.1, 0.15) is 17.5 Å². The van der Waals surface area contributed by atoms with Crippen LogP contribution in [0.3, 0.4) is 0 Å². The van der Waals surface area contributed by atoms with Crippen LogP contribution in [0.4, 0.5) is 14.5 Å². The van der Waals surface area contributed by atoms with Crippen molar-refractivity contribution in [3.63, 3.8) is 0 Å². The zero-order valence-corrected chi connectivity index (χ0v) is 23.8. The number of nitrogens with two attached hydrogens (primary N) is 1. The van der Waals surface area contributed by atoms with E-state index in [1.165, 1.54) is 28.8 Å². The van der Waals surface area contributed by atoms with Gasteiger partial charge in [0, 0.05) is 34.1 Å². The first-order valence-corrected chi connectivity index (χ1v) is 14.1. The van der Waals surface area contributed by atoms with Crippen molar-refractivity contribution < 1.29 is 23.1 Å². The van der Waals surface area contributed by atoms with Gasteiger partial charge in [0.15, 0.2) is 12.5 Å². The van der Waals surface area contributed by atoms with Crippen LogP contribution in [-0.2, 0) is 16.3 Å². The summed E-state index contributed by atoms with van der Waals surface area (Å²) in [6.07, 6.45) is 3.82. The third-order valence-corrected chi connectivity index (χ3v) is 7.51. The number of aromatic nitrogens is 2. The molecule has 2 heterocycles. The number of halogens is 3. The Labute approximate surface area is 240 Å². The van der Waals surface area contributed by atoms with E-state index in [0.717, 1.165) is 18.1 Å². The minimum absolute atomic E-state index is 0.00122. The molecule has 7 nitrogen and oxygen atoms in total. The molecule has 0 bridgehead atoms. The van der Waals surface area contributed by atoms with Crippen molar-refractivity contribution in [2.24, 2.45) is 11.7 Å². The van der Waals surface area contributed by atoms with Gasteiger partial charge in [-0.05, 0) is 48.2 Å². The van der Waals surface area contributed by atoms with Crippen molar-refractivity contribution in [2.45, 2.75) is 40.0 Å². The second-order valence-corrected chi connectivity index (χ2v) is 10.9. The van der Waals surface area contributed by atoms with Crippen LogP contribution in [0.25, 0.3) is 22.2 Å². The summed E-state index contributed by atoms with van der Waals surface area (Å²) < 4.78 is 40.1. The van der Waals surface area contributed by atoms with Gasteiger partial charge in [-0.25, -0.2) is 13.8 Å². The molecule has 2 aromatic carbocycles. The predicted molar refractivity (Wildman–Crippen MR) is 155 cm³/mol. The minimum Gasteiger partial charge on any atom is -0.443 e. The molecule has 0 spiro atoms. The van der Waals surface area contributed by atoms with Crippen molar-refractivity contribution in [2.75, 3.05) is 10.5 Å². The lowest BCUT2D eigenvalue weighted by molar-refractivity contribution is -0.150. The summed E-state index contributed by atoms with van der Waals surface area (Å²) in [7, 11) is 0. The van der Waals surface area contributed by atoms with Crippen LogP contribution in [0.2, 0.25) is 5.02 Å². The van der Waals surface area contributed by atoms with E-state index in [4.69, 9.17) is 22.1 Å². The Bertz CT molecular complexity index is 1540. The predicted octanol–water partition coefficient (Wildman–Crippen LogP) is 6.82. The SMILES string of the molecule is CCCSNc1ccc(F)c(C(=O)c2cn(COC(=O)C(N)C(C)C)c3ncc(-c4ccc(Cl)cc4)cc23)c1F. The van der Waals surface area contributed by atoms with Crippen LogP contribution < -0.4 is 10.5 Å². The summed E-state index contributed by atoms with van der Waals surface area (Å²) in [5, 5.41) is 0.886. The monoisotopic (exact) mass is 586 g/mol. The number of ether oxygens (including phenoxy) is 1. The highest BCUT2D eigenvalue weighted by molar-refractivity contribution is 8.00. The molecule has 0 fully saturated rings. The van der Waals surface area contributed by atoms with E-state index in [1.54, 1.807) is 50.4 Å². The highest BCUT2D eigenvalue weighted by Crippen LogP contribution is 2.31. The maximum absolute atomic E-state index is 15.4. The molecular formula is C29H29ClF2N4O3S. The number of esters is 1. The summed E-state index contributed by atoms with van der Waals surface area (Å²) in [6, 6.07) is 10.2. The van der Waals surface area contributed by atoms with E-state index in [2.05, 4.69) is 9.71 Å². The first-order chi connectivity index (χ1) is 19.1. The number of hydrogen-bond donors (Lipinski definition) is 2. The Balaban J connectivity index is 1.80. The molecule has 210 valence electrons. The first-order valence-electron chi connectivity index (χ1n) is 12.7. The summed E-state index contributed by atoms with van der Waals surface area (Å²) in [5.41, 5.74) is 6.92. The lowest BCUT2D eigenvalue weighted by atomic mass is 10.00. The number of fused-ring (bicyclic) bond motifs is 1. The van der Waals surface area contributed by atoms with Crippen LogP contribution in [0.5, 0.6) is 0 Å². The molecule has 11 heteroatoms.